The summed E-state index contributed by atoms with van der Waals surface area (Å²) in [5, 5.41) is 11.2. The molecule has 1 fully saturated rings. The van der Waals surface area contributed by atoms with E-state index in [1.807, 2.05) is 13.8 Å². The van der Waals surface area contributed by atoms with Gasteiger partial charge in [0.25, 0.3) is 11.7 Å². The summed E-state index contributed by atoms with van der Waals surface area (Å²) >= 11 is 0. The number of aliphatic hydroxyl groups is 1. The van der Waals surface area contributed by atoms with Crippen molar-refractivity contribution in [2.75, 3.05) is 40.6 Å². The largest absolute Gasteiger partial charge is 0.507 e. The Hall–Kier alpha value is -3.52. The molecule has 1 atom stereocenters. The van der Waals surface area contributed by atoms with Crippen LogP contribution in [0.5, 0.6) is 17.2 Å². The lowest BCUT2D eigenvalue weighted by Crippen LogP contribution is -2.31. The van der Waals surface area contributed by atoms with Gasteiger partial charge in [-0.3, -0.25) is 9.59 Å². The first-order valence-corrected chi connectivity index (χ1v) is 11.3. The number of benzene rings is 2. The van der Waals surface area contributed by atoms with Gasteiger partial charge in [0.15, 0.2) is 11.5 Å². The van der Waals surface area contributed by atoms with Crippen LogP contribution in [0.25, 0.3) is 5.76 Å². The molecule has 8 heteroatoms. The van der Waals surface area contributed by atoms with Gasteiger partial charge in [-0.1, -0.05) is 6.07 Å². The van der Waals surface area contributed by atoms with Crippen LogP contribution < -0.4 is 14.2 Å². The summed E-state index contributed by atoms with van der Waals surface area (Å²) in [5.41, 5.74) is 1.07. The Kier molecular flexibility index (Phi) is 8.54. The van der Waals surface area contributed by atoms with Gasteiger partial charge in [0.2, 0.25) is 0 Å². The SMILES string of the molecule is CCOc1ccc(C(O)=C2C(=O)C(=O)N(CCCOC)[C@H]2c2ccc(OCC)c(OC)c2)cc1. The third kappa shape index (κ3) is 5.17. The first-order chi connectivity index (χ1) is 16.5. The second-order valence-corrected chi connectivity index (χ2v) is 7.64. The highest BCUT2D eigenvalue weighted by molar-refractivity contribution is 6.46. The maximum absolute atomic E-state index is 13.1. The van der Waals surface area contributed by atoms with Crippen LogP contribution in [0.4, 0.5) is 0 Å². The lowest BCUT2D eigenvalue weighted by Gasteiger charge is -2.26. The van der Waals surface area contributed by atoms with E-state index in [1.54, 1.807) is 49.6 Å². The van der Waals surface area contributed by atoms with E-state index >= 15 is 0 Å². The van der Waals surface area contributed by atoms with E-state index < -0.39 is 17.7 Å². The zero-order valence-corrected chi connectivity index (χ0v) is 20.0. The Bertz CT molecular complexity index is 1050. The highest BCUT2D eigenvalue weighted by Gasteiger charge is 2.46. The number of rotatable bonds is 11. The smallest absolute Gasteiger partial charge is 0.295 e. The molecule has 0 radical (unpaired) electrons. The van der Waals surface area contributed by atoms with Gasteiger partial charge in [0.1, 0.15) is 11.5 Å². The normalized spacial score (nSPS) is 17.2. The summed E-state index contributed by atoms with van der Waals surface area (Å²) in [6.45, 7) is 5.44. The number of aliphatic hydroxyl groups excluding tert-OH is 1. The fourth-order valence-corrected chi connectivity index (χ4v) is 4.00. The molecule has 3 rings (SSSR count). The molecule has 1 N–H and O–H groups in total. The van der Waals surface area contributed by atoms with Crippen molar-refractivity contribution in [3.63, 3.8) is 0 Å². The second-order valence-electron chi connectivity index (χ2n) is 7.64. The van der Waals surface area contributed by atoms with Crippen molar-refractivity contribution in [1.82, 2.24) is 4.90 Å². The Morgan fingerprint density at radius 3 is 2.29 bits per heavy atom. The van der Waals surface area contributed by atoms with Crippen LogP contribution in [0.15, 0.2) is 48.0 Å². The molecule has 0 aliphatic carbocycles. The number of likely N-dealkylation sites (tertiary alicyclic amines) is 1. The average molecular weight is 470 g/mol. The van der Waals surface area contributed by atoms with Crippen LogP contribution in [0, 0.1) is 0 Å². The van der Waals surface area contributed by atoms with Crippen molar-refractivity contribution in [2.45, 2.75) is 26.3 Å². The molecule has 0 bridgehead atoms. The first kappa shape index (κ1) is 25.1. The number of carbonyl (C=O) groups is 2. The Labute approximate surface area is 199 Å². The minimum absolute atomic E-state index is 0.0257. The van der Waals surface area contributed by atoms with Gasteiger partial charge in [-0.2, -0.15) is 0 Å². The molecule has 0 spiro atoms. The molecular formula is C26H31NO7. The molecule has 8 nitrogen and oxygen atoms in total. The van der Waals surface area contributed by atoms with E-state index in [9.17, 15) is 14.7 Å². The van der Waals surface area contributed by atoms with Gasteiger partial charge in [-0.25, -0.2) is 0 Å². The van der Waals surface area contributed by atoms with Crippen molar-refractivity contribution in [2.24, 2.45) is 0 Å². The minimum atomic E-state index is -0.784. The van der Waals surface area contributed by atoms with Crippen LogP contribution in [0.3, 0.4) is 0 Å². The van der Waals surface area contributed by atoms with Gasteiger partial charge in [0, 0.05) is 25.8 Å². The molecule has 2 aromatic carbocycles. The van der Waals surface area contributed by atoms with Crippen LogP contribution in [-0.4, -0.2) is 62.3 Å². The van der Waals surface area contributed by atoms with E-state index in [2.05, 4.69) is 0 Å². The maximum Gasteiger partial charge on any atom is 0.295 e. The highest BCUT2D eigenvalue weighted by Crippen LogP contribution is 2.42. The van der Waals surface area contributed by atoms with E-state index in [4.69, 9.17) is 18.9 Å². The third-order valence-electron chi connectivity index (χ3n) is 5.53. The molecular weight excluding hydrogens is 438 g/mol. The van der Waals surface area contributed by atoms with Crippen molar-refractivity contribution in [3.05, 3.63) is 59.2 Å². The molecule has 1 amide bonds. The maximum atomic E-state index is 13.1. The predicted octanol–water partition coefficient (Wildman–Crippen LogP) is 3.95. The number of hydrogen-bond donors (Lipinski definition) is 1. The predicted molar refractivity (Wildman–Crippen MR) is 127 cm³/mol. The summed E-state index contributed by atoms with van der Waals surface area (Å²) in [6.07, 6.45) is 0.539. The van der Waals surface area contributed by atoms with Crippen LogP contribution in [0.1, 0.15) is 37.4 Å². The minimum Gasteiger partial charge on any atom is -0.507 e. The lowest BCUT2D eigenvalue weighted by atomic mass is 9.95. The van der Waals surface area contributed by atoms with Gasteiger partial charge in [-0.15, -0.1) is 0 Å². The van der Waals surface area contributed by atoms with E-state index in [0.717, 1.165) is 0 Å². The summed E-state index contributed by atoms with van der Waals surface area (Å²) in [7, 11) is 3.10. The average Bonchev–Trinajstić information content (AvgIpc) is 3.10. The summed E-state index contributed by atoms with van der Waals surface area (Å²) in [6, 6.07) is 11.2. The van der Waals surface area contributed by atoms with E-state index in [1.165, 1.54) is 12.0 Å². The fraction of sp³-hybridized carbons (Fsp3) is 0.385. The van der Waals surface area contributed by atoms with Crippen LogP contribution in [0.2, 0.25) is 0 Å². The van der Waals surface area contributed by atoms with Gasteiger partial charge in [-0.05, 0) is 62.2 Å². The molecule has 1 aliphatic rings. The third-order valence-corrected chi connectivity index (χ3v) is 5.53. The van der Waals surface area contributed by atoms with E-state index in [-0.39, 0.29) is 11.3 Å². The highest BCUT2D eigenvalue weighted by atomic mass is 16.5. The quantitative estimate of drug-likeness (QED) is 0.230. The topological polar surface area (TPSA) is 94.5 Å². The van der Waals surface area contributed by atoms with Gasteiger partial charge >= 0.3 is 0 Å². The zero-order valence-electron chi connectivity index (χ0n) is 20.0. The van der Waals surface area contributed by atoms with Crippen molar-refractivity contribution in [1.29, 1.82) is 0 Å². The molecule has 34 heavy (non-hydrogen) atoms. The second kappa shape index (κ2) is 11.6. The van der Waals surface area contributed by atoms with Gasteiger partial charge < -0.3 is 29.0 Å². The van der Waals surface area contributed by atoms with Crippen LogP contribution >= 0.6 is 0 Å². The number of ether oxygens (including phenoxy) is 4. The molecule has 2 aromatic rings. The van der Waals surface area contributed by atoms with Crippen LogP contribution in [-0.2, 0) is 14.3 Å². The first-order valence-electron chi connectivity index (χ1n) is 11.3. The molecule has 0 unspecified atom stereocenters. The zero-order chi connectivity index (χ0) is 24.7. The Morgan fingerprint density at radius 1 is 0.971 bits per heavy atom. The molecule has 1 saturated heterocycles. The van der Waals surface area contributed by atoms with E-state index in [0.29, 0.717) is 61.2 Å². The molecule has 0 aromatic heterocycles. The number of carbonyl (C=O) groups excluding carboxylic acids is 2. The monoisotopic (exact) mass is 469 g/mol. The molecule has 182 valence electrons. The number of methoxy groups -OCH3 is 2. The Balaban J connectivity index is 2.11. The van der Waals surface area contributed by atoms with Gasteiger partial charge in [0.05, 0.1) is 31.9 Å². The standard InChI is InChI=1S/C26H31NO7/c1-5-33-19-11-8-17(9-12-19)24(28)22-23(27(14-7-15-31-3)26(30)25(22)29)18-10-13-20(34-6-2)21(16-18)32-4/h8-13,16,23,28H,5-7,14-15H2,1-4H3/t23-/m0/s1. The molecule has 1 aliphatic heterocycles. The number of nitrogens with zero attached hydrogens (tertiary/aromatic N) is 1. The number of ketones is 1. The summed E-state index contributed by atoms with van der Waals surface area (Å²) < 4.78 is 21.7. The summed E-state index contributed by atoms with van der Waals surface area (Å²) in [5.74, 6) is 0.0305. The summed E-state index contributed by atoms with van der Waals surface area (Å²) in [4.78, 5) is 27.6. The molecule has 1 heterocycles. The van der Waals surface area contributed by atoms with Crippen molar-refractivity contribution in [3.8, 4) is 17.2 Å². The number of Topliss-reactive ketones (excluding diaryl/α,β-unsaturated/α-hetero) is 1. The molecule has 0 saturated carbocycles. The number of hydrogen-bond acceptors (Lipinski definition) is 7. The van der Waals surface area contributed by atoms with Crippen molar-refractivity contribution >= 4 is 17.4 Å². The Morgan fingerprint density at radius 2 is 1.68 bits per heavy atom. The fourth-order valence-electron chi connectivity index (χ4n) is 4.00. The lowest BCUT2D eigenvalue weighted by molar-refractivity contribution is -0.140. The van der Waals surface area contributed by atoms with Crippen molar-refractivity contribution < 1.29 is 33.6 Å². The number of amides is 1.